The van der Waals surface area contributed by atoms with Gasteiger partial charge in [0.1, 0.15) is 5.60 Å². The molecule has 0 radical (unpaired) electrons. The molecule has 0 aromatic heterocycles. The van der Waals surface area contributed by atoms with Gasteiger partial charge >= 0.3 is 5.97 Å². The second-order valence-electron chi connectivity index (χ2n) is 3.78. The van der Waals surface area contributed by atoms with Crippen molar-refractivity contribution in [3.63, 3.8) is 0 Å². The topological polar surface area (TPSA) is 26.3 Å². The molecule has 0 aliphatic carbocycles. The van der Waals surface area contributed by atoms with Crippen molar-refractivity contribution < 1.29 is 18.3 Å². The summed E-state index contributed by atoms with van der Waals surface area (Å²) in [5, 5.41) is 0. The van der Waals surface area contributed by atoms with Gasteiger partial charge in [0.25, 0.3) is 0 Å². The van der Waals surface area contributed by atoms with E-state index in [2.05, 4.69) is 0 Å². The fraction of sp³-hybridized carbons (Fsp3) is 0.417. The summed E-state index contributed by atoms with van der Waals surface area (Å²) < 4.78 is 31.7. The molecule has 0 saturated carbocycles. The number of hydrogen-bond donors (Lipinski definition) is 0. The highest BCUT2D eigenvalue weighted by molar-refractivity contribution is 5.66. The Morgan fingerprint density at radius 2 is 2.06 bits per heavy atom. The first kappa shape index (κ1) is 12.6. The Balaban J connectivity index is 3.22. The van der Waals surface area contributed by atoms with Crippen molar-refractivity contribution in [2.75, 3.05) is 0 Å². The molecule has 1 atom stereocenters. The molecule has 0 aliphatic heterocycles. The molecule has 0 heterocycles. The van der Waals surface area contributed by atoms with Crippen molar-refractivity contribution in [3.8, 4) is 0 Å². The maximum absolute atomic E-state index is 13.6. The van der Waals surface area contributed by atoms with Crippen LogP contribution in [-0.2, 0) is 15.1 Å². The number of esters is 1. The molecular formula is C12H14F2O2. The third-order valence-electron chi connectivity index (χ3n) is 2.56. The van der Waals surface area contributed by atoms with E-state index in [0.717, 1.165) is 6.07 Å². The Kier molecular flexibility index (Phi) is 3.62. The fourth-order valence-electron chi connectivity index (χ4n) is 1.55. The van der Waals surface area contributed by atoms with E-state index in [1.807, 2.05) is 0 Å². The molecule has 1 aromatic carbocycles. The number of halogens is 2. The summed E-state index contributed by atoms with van der Waals surface area (Å²) in [6.07, 6.45) is 0.368. The zero-order chi connectivity index (χ0) is 12.3. The average molecular weight is 228 g/mol. The first-order valence-corrected chi connectivity index (χ1v) is 5.05. The zero-order valence-electron chi connectivity index (χ0n) is 9.51. The van der Waals surface area contributed by atoms with Gasteiger partial charge in [-0.1, -0.05) is 19.1 Å². The summed E-state index contributed by atoms with van der Waals surface area (Å²) in [6.45, 7) is 4.55. The SMILES string of the molecule is CCC(C)(OC(C)=O)c1cccc(F)c1F. The monoisotopic (exact) mass is 228 g/mol. The summed E-state index contributed by atoms with van der Waals surface area (Å²) >= 11 is 0. The number of hydrogen-bond acceptors (Lipinski definition) is 2. The first-order chi connectivity index (χ1) is 7.40. The number of ether oxygens (including phenoxy) is 1. The smallest absolute Gasteiger partial charge is 0.303 e. The van der Waals surface area contributed by atoms with Gasteiger partial charge in [-0.3, -0.25) is 4.79 Å². The standard InChI is InChI=1S/C12H14F2O2/c1-4-12(3,16-8(2)15)9-6-5-7-10(13)11(9)14/h5-7H,4H2,1-3H3. The Labute approximate surface area is 93.2 Å². The highest BCUT2D eigenvalue weighted by Gasteiger charge is 2.31. The summed E-state index contributed by atoms with van der Waals surface area (Å²) in [6, 6.07) is 3.85. The molecule has 0 saturated heterocycles. The molecule has 1 rings (SSSR count). The lowest BCUT2D eigenvalue weighted by molar-refractivity contribution is -0.157. The summed E-state index contributed by atoms with van der Waals surface area (Å²) in [4.78, 5) is 10.9. The number of carbonyl (C=O) groups excluding carboxylic acids is 1. The van der Waals surface area contributed by atoms with Crippen molar-refractivity contribution in [1.82, 2.24) is 0 Å². The molecule has 0 fully saturated rings. The second kappa shape index (κ2) is 4.60. The largest absolute Gasteiger partial charge is 0.455 e. The molecule has 0 N–H and O–H groups in total. The lowest BCUT2D eigenvalue weighted by Crippen LogP contribution is -2.28. The molecule has 88 valence electrons. The number of rotatable bonds is 3. The van der Waals surface area contributed by atoms with Crippen molar-refractivity contribution in [3.05, 3.63) is 35.4 Å². The lowest BCUT2D eigenvalue weighted by atomic mass is 9.92. The van der Waals surface area contributed by atoms with Gasteiger partial charge in [0, 0.05) is 12.5 Å². The van der Waals surface area contributed by atoms with E-state index in [1.165, 1.54) is 19.1 Å². The van der Waals surface area contributed by atoms with Crippen molar-refractivity contribution in [2.24, 2.45) is 0 Å². The van der Waals surface area contributed by atoms with Gasteiger partial charge in [0.15, 0.2) is 11.6 Å². The molecule has 16 heavy (non-hydrogen) atoms. The second-order valence-corrected chi connectivity index (χ2v) is 3.78. The van der Waals surface area contributed by atoms with Crippen LogP contribution < -0.4 is 0 Å². The van der Waals surface area contributed by atoms with Crippen LogP contribution >= 0.6 is 0 Å². The molecule has 1 aromatic rings. The minimum Gasteiger partial charge on any atom is -0.455 e. The van der Waals surface area contributed by atoms with Gasteiger partial charge in [0.05, 0.1) is 0 Å². The molecule has 0 aliphatic rings. The van der Waals surface area contributed by atoms with Gasteiger partial charge in [0.2, 0.25) is 0 Å². The highest BCUT2D eigenvalue weighted by atomic mass is 19.2. The summed E-state index contributed by atoms with van der Waals surface area (Å²) in [7, 11) is 0. The van der Waals surface area contributed by atoms with Gasteiger partial charge in [-0.05, 0) is 19.4 Å². The van der Waals surface area contributed by atoms with Crippen LogP contribution in [0.25, 0.3) is 0 Å². The summed E-state index contributed by atoms with van der Waals surface area (Å²) in [5.41, 5.74) is -1.07. The van der Waals surface area contributed by atoms with Crippen LogP contribution in [0.2, 0.25) is 0 Å². The van der Waals surface area contributed by atoms with E-state index >= 15 is 0 Å². The molecule has 0 spiro atoms. The van der Waals surface area contributed by atoms with E-state index in [1.54, 1.807) is 13.8 Å². The Morgan fingerprint density at radius 1 is 1.44 bits per heavy atom. The normalized spacial score (nSPS) is 14.3. The maximum Gasteiger partial charge on any atom is 0.303 e. The van der Waals surface area contributed by atoms with E-state index in [4.69, 9.17) is 4.74 Å². The molecule has 0 bridgehead atoms. The van der Waals surface area contributed by atoms with Crippen LogP contribution in [0.1, 0.15) is 32.8 Å². The fourth-order valence-corrected chi connectivity index (χ4v) is 1.55. The van der Waals surface area contributed by atoms with Gasteiger partial charge in [-0.25, -0.2) is 8.78 Å². The van der Waals surface area contributed by atoms with Crippen LogP contribution in [-0.4, -0.2) is 5.97 Å². The number of carbonyl (C=O) groups is 1. The minimum absolute atomic E-state index is 0.0604. The van der Waals surface area contributed by atoms with Crippen molar-refractivity contribution >= 4 is 5.97 Å². The molecule has 0 amide bonds. The third-order valence-corrected chi connectivity index (χ3v) is 2.56. The van der Waals surface area contributed by atoms with Crippen molar-refractivity contribution in [1.29, 1.82) is 0 Å². The Morgan fingerprint density at radius 3 is 2.56 bits per heavy atom. The summed E-state index contributed by atoms with van der Waals surface area (Å²) in [5.74, 6) is -2.43. The Hall–Kier alpha value is -1.45. The van der Waals surface area contributed by atoms with Crippen molar-refractivity contribution in [2.45, 2.75) is 32.8 Å². The van der Waals surface area contributed by atoms with E-state index in [0.29, 0.717) is 6.42 Å². The highest BCUT2D eigenvalue weighted by Crippen LogP contribution is 2.31. The molecule has 2 nitrogen and oxygen atoms in total. The first-order valence-electron chi connectivity index (χ1n) is 5.05. The van der Waals surface area contributed by atoms with Crippen LogP contribution in [0.4, 0.5) is 8.78 Å². The van der Waals surface area contributed by atoms with Gasteiger partial charge < -0.3 is 4.74 Å². The third kappa shape index (κ3) is 2.38. The van der Waals surface area contributed by atoms with Gasteiger partial charge in [-0.15, -0.1) is 0 Å². The van der Waals surface area contributed by atoms with Crippen LogP contribution in [0.15, 0.2) is 18.2 Å². The van der Waals surface area contributed by atoms with Crippen LogP contribution in [0.3, 0.4) is 0 Å². The van der Waals surface area contributed by atoms with E-state index in [-0.39, 0.29) is 5.56 Å². The van der Waals surface area contributed by atoms with Crippen LogP contribution in [0.5, 0.6) is 0 Å². The molecule has 1 unspecified atom stereocenters. The predicted octanol–water partition coefficient (Wildman–Crippen LogP) is 3.15. The van der Waals surface area contributed by atoms with E-state index in [9.17, 15) is 13.6 Å². The van der Waals surface area contributed by atoms with Gasteiger partial charge in [-0.2, -0.15) is 0 Å². The molecule has 4 heteroatoms. The quantitative estimate of drug-likeness (QED) is 0.743. The maximum atomic E-state index is 13.6. The average Bonchev–Trinajstić information content (AvgIpc) is 2.21. The van der Waals surface area contributed by atoms with Crippen LogP contribution in [0, 0.1) is 11.6 Å². The van der Waals surface area contributed by atoms with E-state index < -0.39 is 23.2 Å². The lowest BCUT2D eigenvalue weighted by Gasteiger charge is -2.28. The Bertz CT molecular complexity index is 404. The predicted molar refractivity (Wildman–Crippen MR) is 55.8 cm³/mol. The zero-order valence-corrected chi connectivity index (χ0v) is 9.51. The molecular weight excluding hydrogens is 214 g/mol. The number of benzene rings is 1. The minimum atomic E-state index is -1.13.